The number of hydrogen-bond acceptors (Lipinski definition) is 4. The lowest BCUT2D eigenvalue weighted by atomic mass is 9.91. The number of nitrogens with one attached hydrogen (secondary N) is 2. The van der Waals surface area contributed by atoms with Crippen molar-refractivity contribution in [3.63, 3.8) is 0 Å². The average Bonchev–Trinajstić information content (AvgIpc) is 3.11. The lowest BCUT2D eigenvalue weighted by Gasteiger charge is -2.29. The molecule has 2 N–H and O–H groups in total. The van der Waals surface area contributed by atoms with Gasteiger partial charge in [-0.05, 0) is 17.4 Å². The summed E-state index contributed by atoms with van der Waals surface area (Å²) in [6, 6.07) is 4.31. The summed E-state index contributed by atoms with van der Waals surface area (Å²) in [5.74, 6) is 1.46. The fourth-order valence-corrected chi connectivity index (χ4v) is 3.69. The molecule has 2 heterocycles. The highest BCUT2D eigenvalue weighted by molar-refractivity contribution is 14.0. The molecule has 5 nitrogen and oxygen atoms in total. The second-order valence-corrected chi connectivity index (χ2v) is 8.13. The van der Waals surface area contributed by atoms with E-state index in [0.717, 1.165) is 51.9 Å². The van der Waals surface area contributed by atoms with Gasteiger partial charge in [-0.15, -0.1) is 35.3 Å². The molecular formula is C18H33IN4OS. The van der Waals surface area contributed by atoms with Gasteiger partial charge >= 0.3 is 0 Å². The van der Waals surface area contributed by atoms with E-state index in [9.17, 15) is 0 Å². The summed E-state index contributed by atoms with van der Waals surface area (Å²) < 4.78 is 5.41. The van der Waals surface area contributed by atoms with Gasteiger partial charge in [0.1, 0.15) is 0 Å². The van der Waals surface area contributed by atoms with E-state index in [1.807, 2.05) is 18.4 Å². The van der Waals surface area contributed by atoms with Gasteiger partial charge < -0.3 is 15.4 Å². The van der Waals surface area contributed by atoms with Gasteiger partial charge in [-0.25, -0.2) is 0 Å². The van der Waals surface area contributed by atoms with Crippen LogP contribution in [0, 0.1) is 5.92 Å². The Morgan fingerprint density at radius 1 is 1.36 bits per heavy atom. The second-order valence-electron chi connectivity index (χ2n) is 7.19. The van der Waals surface area contributed by atoms with Crippen molar-refractivity contribution < 1.29 is 4.74 Å². The number of hydrogen-bond donors (Lipinski definition) is 2. The highest BCUT2D eigenvalue weighted by Crippen LogP contribution is 2.26. The molecule has 1 aromatic heterocycles. The van der Waals surface area contributed by atoms with Crippen LogP contribution in [0.1, 0.15) is 25.6 Å². The van der Waals surface area contributed by atoms with Crippen molar-refractivity contribution in [3.8, 4) is 0 Å². The highest BCUT2D eigenvalue weighted by Gasteiger charge is 2.22. The third-order valence-electron chi connectivity index (χ3n) is 4.40. The minimum absolute atomic E-state index is 0. The number of halogens is 1. The Morgan fingerprint density at radius 3 is 2.68 bits per heavy atom. The lowest BCUT2D eigenvalue weighted by molar-refractivity contribution is 0.0320. The van der Waals surface area contributed by atoms with E-state index in [0.29, 0.717) is 5.92 Å². The molecule has 1 atom stereocenters. The van der Waals surface area contributed by atoms with Gasteiger partial charge in [0.15, 0.2) is 5.96 Å². The van der Waals surface area contributed by atoms with E-state index >= 15 is 0 Å². The Bertz CT molecular complexity index is 501. The lowest BCUT2D eigenvalue weighted by Crippen LogP contribution is -2.46. The van der Waals surface area contributed by atoms with Crippen LogP contribution in [0.25, 0.3) is 0 Å². The van der Waals surface area contributed by atoms with Crippen molar-refractivity contribution in [1.82, 2.24) is 15.5 Å². The largest absolute Gasteiger partial charge is 0.379 e. The fraction of sp³-hybridized carbons (Fsp3) is 0.722. The molecule has 0 radical (unpaired) electrons. The van der Waals surface area contributed by atoms with Gasteiger partial charge in [0.25, 0.3) is 0 Å². The van der Waals surface area contributed by atoms with E-state index in [1.165, 1.54) is 4.88 Å². The zero-order valence-electron chi connectivity index (χ0n) is 15.9. The number of ether oxygens (including phenoxy) is 1. The smallest absolute Gasteiger partial charge is 0.191 e. The number of nitrogens with zero attached hydrogens (tertiary/aromatic N) is 2. The van der Waals surface area contributed by atoms with Crippen molar-refractivity contribution >= 4 is 41.3 Å². The maximum Gasteiger partial charge on any atom is 0.191 e. The van der Waals surface area contributed by atoms with Crippen LogP contribution in [0.2, 0.25) is 0 Å². The van der Waals surface area contributed by atoms with Crippen LogP contribution in [0.5, 0.6) is 0 Å². The fourth-order valence-electron chi connectivity index (χ4n) is 2.84. The monoisotopic (exact) mass is 480 g/mol. The van der Waals surface area contributed by atoms with Gasteiger partial charge in [-0.3, -0.25) is 9.89 Å². The first kappa shape index (κ1) is 22.7. The predicted molar refractivity (Wildman–Crippen MR) is 119 cm³/mol. The zero-order valence-corrected chi connectivity index (χ0v) is 19.0. The predicted octanol–water partition coefficient (Wildman–Crippen LogP) is 2.78. The van der Waals surface area contributed by atoms with Crippen molar-refractivity contribution in [3.05, 3.63) is 22.4 Å². The maximum absolute atomic E-state index is 5.41. The molecular weight excluding hydrogens is 447 g/mol. The first-order chi connectivity index (χ1) is 11.5. The number of rotatable bonds is 7. The summed E-state index contributed by atoms with van der Waals surface area (Å²) in [5, 5.41) is 9.07. The summed E-state index contributed by atoms with van der Waals surface area (Å²) in [6.45, 7) is 13.5. The quantitative estimate of drug-likeness (QED) is 0.358. The molecule has 2 rings (SSSR count). The van der Waals surface area contributed by atoms with Gasteiger partial charge in [0, 0.05) is 50.1 Å². The second kappa shape index (κ2) is 11.4. The molecule has 25 heavy (non-hydrogen) atoms. The first-order valence-corrected chi connectivity index (χ1v) is 9.68. The molecule has 1 unspecified atom stereocenters. The molecule has 0 bridgehead atoms. The molecule has 1 fully saturated rings. The molecule has 7 heteroatoms. The molecule has 1 aromatic rings. The molecule has 1 saturated heterocycles. The summed E-state index contributed by atoms with van der Waals surface area (Å²) in [7, 11) is 1.83. The van der Waals surface area contributed by atoms with Gasteiger partial charge in [-0.2, -0.15) is 0 Å². The molecule has 0 saturated carbocycles. The molecule has 1 aliphatic rings. The van der Waals surface area contributed by atoms with Crippen molar-refractivity contribution in [2.75, 3.05) is 53.0 Å². The summed E-state index contributed by atoms with van der Waals surface area (Å²) in [5.41, 5.74) is 0.102. The molecule has 0 aromatic carbocycles. The number of thiophene rings is 1. The van der Waals surface area contributed by atoms with E-state index in [4.69, 9.17) is 4.74 Å². The Labute approximate surface area is 173 Å². The van der Waals surface area contributed by atoms with Crippen molar-refractivity contribution in [1.29, 1.82) is 0 Å². The zero-order chi connectivity index (χ0) is 17.4. The minimum Gasteiger partial charge on any atom is -0.379 e. The molecule has 0 amide bonds. The van der Waals surface area contributed by atoms with Crippen LogP contribution in [0.15, 0.2) is 22.5 Å². The van der Waals surface area contributed by atoms with Crippen molar-refractivity contribution in [2.24, 2.45) is 10.9 Å². The molecule has 0 aliphatic carbocycles. The van der Waals surface area contributed by atoms with Crippen molar-refractivity contribution in [2.45, 2.75) is 26.2 Å². The Balaban J connectivity index is 0.00000312. The number of morpholine rings is 1. The highest BCUT2D eigenvalue weighted by atomic mass is 127. The van der Waals surface area contributed by atoms with E-state index in [2.05, 4.69) is 58.8 Å². The molecule has 0 spiro atoms. The van der Waals surface area contributed by atoms with Crippen LogP contribution < -0.4 is 10.6 Å². The van der Waals surface area contributed by atoms with Gasteiger partial charge in [0.05, 0.1) is 13.2 Å². The summed E-state index contributed by atoms with van der Waals surface area (Å²) in [4.78, 5) is 8.23. The van der Waals surface area contributed by atoms with Crippen LogP contribution in [-0.4, -0.2) is 63.8 Å². The molecule has 1 aliphatic heterocycles. The standard InChI is InChI=1S/C18H32N4OS.HI/c1-15(13-22-7-9-23-10-8-22)12-20-17(19-4)21-14-18(2,3)16-6-5-11-24-16;/h5-6,11,15H,7-10,12-14H2,1-4H3,(H2,19,20,21);1H. The summed E-state index contributed by atoms with van der Waals surface area (Å²) in [6.07, 6.45) is 0. The van der Waals surface area contributed by atoms with Crippen LogP contribution in [0.3, 0.4) is 0 Å². The van der Waals surface area contributed by atoms with Crippen LogP contribution >= 0.6 is 35.3 Å². The Hall–Kier alpha value is -0.380. The number of guanidine groups is 1. The number of aliphatic imine (C=N–C) groups is 1. The summed E-state index contributed by atoms with van der Waals surface area (Å²) >= 11 is 1.81. The topological polar surface area (TPSA) is 48.9 Å². The Kier molecular flexibility index (Phi) is 10.3. The average molecular weight is 480 g/mol. The Morgan fingerprint density at radius 2 is 2.08 bits per heavy atom. The van der Waals surface area contributed by atoms with Gasteiger partial charge in [-0.1, -0.05) is 26.8 Å². The van der Waals surface area contributed by atoms with E-state index < -0.39 is 0 Å². The third kappa shape index (κ3) is 7.80. The maximum atomic E-state index is 5.41. The van der Waals surface area contributed by atoms with Crippen LogP contribution in [0.4, 0.5) is 0 Å². The van der Waals surface area contributed by atoms with Gasteiger partial charge in [0.2, 0.25) is 0 Å². The van der Waals surface area contributed by atoms with E-state index in [1.54, 1.807) is 0 Å². The van der Waals surface area contributed by atoms with Crippen LogP contribution in [-0.2, 0) is 10.2 Å². The van der Waals surface area contributed by atoms with E-state index in [-0.39, 0.29) is 29.4 Å². The SMILES string of the molecule is CN=C(NCC(C)CN1CCOCC1)NCC(C)(C)c1cccs1.I. The normalized spacial score (nSPS) is 17.7. The third-order valence-corrected chi connectivity index (χ3v) is 5.64. The molecule has 144 valence electrons. The minimum atomic E-state index is 0. The first-order valence-electron chi connectivity index (χ1n) is 8.80.